The maximum atomic E-state index is 9.60. The lowest BCUT2D eigenvalue weighted by Crippen LogP contribution is -1.92. The monoisotopic (exact) mass is 212 g/mol. The topological polar surface area (TPSA) is 37.3 Å². The lowest BCUT2D eigenvalue weighted by atomic mass is 10.2. The standard InChI is InChI=1S/C9H18.C4H6O2/c1-3-5-7-9-8-6-4-2;1-3(2)4(5)6/h5,7H,3-4,6,8-9H2,1-2H3;1H2,2H3,(H,5,6)/b7-5+;. The Kier molecular flexibility index (Phi) is 14.1. The number of hydrogen-bond acceptors (Lipinski definition) is 1. The smallest absolute Gasteiger partial charge is 0.330 e. The fourth-order valence-electron chi connectivity index (χ4n) is 0.797. The molecule has 2 heteroatoms. The van der Waals surface area contributed by atoms with Crippen LogP contribution >= 0.6 is 0 Å². The molecule has 0 amide bonds. The Balaban J connectivity index is 0. The largest absolute Gasteiger partial charge is 0.478 e. The van der Waals surface area contributed by atoms with Crippen molar-refractivity contribution in [3.05, 3.63) is 24.3 Å². The summed E-state index contributed by atoms with van der Waals surface area (Å²) in [4.78, 5) is 9.60. The molecule has 0 atom stereocenters. The molecule has 88 valence electrons. The molecule has 0 heterocycles. The summed E-state index contributed by atoms with van der Waals surface area (Å²) in [5.41, 5.74) is 0.176. The van der Waals surface area contributed by atoms with Crippen LogP contribution in [-0.4, -0.2) is 11.1 Å². The summed E-state index contributed by atoms with van der Waals surface area (Å²) in [5.74, 6) is -0.935. The molecule has 2 nitrogen and oxygen atoms in total. The summed E-state index contributed by atoms with van der Waals surface area (Å²) >= 11 is 0. The van der Waals surface area contributed by atoms with Crippen molar-refractivity contribution < 1.29 is 9.90 Å². The number of carboxylic acid groups (broad SMARTS) is 1. The molecule has 0 spiro atoms. The molecule has 0 aliphatic rings. The van der Waals surface area contributed by atoms with Gasteiger partial charge in [-0.3, -0.25) is 0 Å². The van der Waals surface area contributed by atoms with Crippen molar-refractivity contribution in [2.45, 2.75) is 52.9 Å². The lowest BCUT2D eigenvalue weighted by Gasteiger charge is -1.89. The molecule has 15 heavy (non-hydrogen) atoms. The number of carboxylic acids is 1. The Morgan fingerprint density at radius 1 is 1.27 bits per heavy atom. The minimum absolute atomic E-state index is 0.176. The van der Waals surface area contributed by atoms with E-state index in [0.717, 1.165) is 0 Å². The predicted molar refractivity (Wildman–Crippen MR) is 66.0 cm³/mol. The number of hydrogen-bond donors (Lipinski definition) is 1. The zero-order valence-electron chi connectivity index (χ0n) is 10.3. The molecular formula is C13H24O2. The van der Waals surface area contributed by atoms with Crippen molar-refractivity contribution in [2.75, 3.05) is 0 Å². The molecule has 0 saturated heterocycles. The van der Waals surface area contributed by atoms with Gasteiger partial charge in [0.05, 0.1) is 0 Å². The molecule has 0 unspecified atom stereocenters. The summed E-state index contributed by atoms with van der Waals surface area (Å²) < 4.78 is 0. The van der Waals surface area contributed by atoms with Crippen LogP contribution in [0.15, 0.2) is 24.3 Å². The van der Waals surface area contributed by atoms with Crippen LogP contribution < -0.4 is 0 Å². The summed E-state index contributed by atoms with van der Waals surface area (Å²) in [5, 5.41) is 7.89. The summed E-state index contributed by atoms with van der Waals surface area (Å²) in [6.07, 6.45) is 11.1. The molecule has 0 aromatic heterocycles. The Morgan fingerprint density at radius 2 is 1.80 bits per heavy atom. The van der Waals surface area contributed by atoms with E-state index in [1.54, 1.807) is 0 Å². The molecule has 0 aromatic rings. The van der Waals surface area contributed by atoms with Crippen molar-refractivity contribution >= 4 is 5.97 Å². The fourth-order valence-corrected chi connectivity index (χ4v) is 0.797. The van der Waals surface area contributed by atoms with E-state index in [0.29, 0.717) is 0 Å². The molecule has 0 radical (unpaired) electrons. The summed E-state index contributed by atoms with van der Waals surface area (Å²) in [6, 6.07) is 0. The average molecular weight is 212 g/mol. The van der Waals surface area contributed by atoms with Gasteiger partial charge in [-0.25, -0.2) is 4.79 Å². The SMILES string of the molecule is C=C(C)C(=O)O.CC/C=C/CCCCC. The van der Waals surface area contributed by atoms with Crippen LogP contribution in [0.25, 0.3) is 0 Å². The van der Waals surface area contributed by atoms with E-state index in [9.17, 15) is 4.79 Å². The molecule has 0 aliphatic carbocycles. The highest BCUT2D eigenvalue weighted by Crippen LogP contribution is 1.99. The molecule has 0 fully saturated rings. The van der Waals surface area contributed by atoms with Crippen LogP contribution in [0.1, 0.15) is 52.9 Å². The Morgan fingerprint density at radius 3 is 2.13 bits per heavy atom. The maximum Gasteiger partial charge on any atom is 0.330 e. The number of carbonyl (C=O) groups is 1. The molecule has 0 saturated carbocycles. The lowest BCUT2D eigenvalue weighted by molar-refractivity contribution is -0.132. The quantitative estimate of drug-likeness (QED) is 0.407. The Labute approximate surface area is 93.7 Å². The van der Waals surface area contributed by atoms with Crippen molar-refractivity contribution in [1.29, 1.82) is 0 Å². The van der Waals surface area contributed by atoms with Gasteiger partial charge in [0.2, 0.25) is 0 Å². The van der Waals surface area contributed by atoms with E-state index in [2.05, 4.69) is 32.6 Å². The van der Waals surface area contributed by atoms with Crippen molar-refractivity contribution in [2.24, 2.45) is 0 Å². The first-order chi connectivity index (χ1) is 7.06. The highest BCUT2D eigenvalue weighted by atomic mass is 16.4. The van der Waals surface area contributed by atoms with Gasteiger partial charge in [0.25, 0.3) is 0 Å². The van der Waals surface area contributed by atoms with Gasteiger partial charge in [0, 0.05) is 5.57 Å². The Bertz CT molecular complexity index is 181. The first-order valence-corrected chi connectivity index (χ1v) is 5.60. The van der Waals surface area contributed by atoms with Gasteiger partial charge < -0.3 is 5.11 Å². The third kappa shape index (κ3) is 19.4. The van der Waals surface area contributed by atoms with Crippen LogP contribution in [0.3, 0.4) is 0 Å². The number of allylic oxidation sites excluding steroid dienone is 2. The van der Waals surface area contributed by atoms with Gasteiger partial charge in [-0.05, 0) is 26.2 Å². The van der Waals surface area contributed by atoms with Crippen molar-refractivity contribution in [3.63, 3.8) is 0 Å². The van der Waals surface area contributed by atoms with Gasteiger partial charge in [-0.15, -0.1) is 0 Å². The van der Waals surface area contributed by atoms with E-state index in [4.69, 9.17) is 5.11 Å². The molecule has 1 N–H and O–H groups in total. The highest BCUT2D eigenvalue weighted by molar-refractivity contribution is 5.84. The zero-order valence-corrected chi connectivity index (χ0v) is 10.3. The molecule has 0 aliphatic heterocycles. The van der Waals surface area contributed by atoms with Crippen LogP contribution in [-0.2, 0) is 4.79 Å². The summed E-state index contributed by atoms with van der Waals surface area (Å²) in [7, 11) is 0. The second kappa shape index (κ2) is 12.9. The third-order valence-corrected chi connectivity index (χ3v) is 1.74. The van der Waals surface area contributed by atoms with Crippen molar-refractivity contribution in [3.8, 4) is 0 Å². The van der Waals surface area contributed by atoms with E-state index in [1.807, 2.05) is 0 Å². The third-order valence-electron chi connectivity index (χ3n) is 1.74. The van der Waals surface area contributed by atoms with Crippen molar-refractivity contribution in [1.82, 2.24) is 0 Å². The van der Waals surface area contributed by atoms with Crippen LogP contribution in [0.2, 0.25) is 0 Å². The Hall–Kier alpha value is -1.05. The maximum absolute atomic E-state index is 9.60. The first-order valence-electron chi connectivity index (χ1n) is 5.60. The van der Waals surface area contributed by atoms with Gasteiger partial charge in [0.15, 0.2) is 0 Å². The summed E-state index contributed by atoms with van der Waals surface area (Å²) in [6.45, 7) is 9.02. The van der Waals surface area contributed by atoms with Gasteiger partial charge in [-0.1, -0.05) is 45.4 Å². The molecule has 0 rings (SSSR count). The average Bonchev–Trinajstić information content (AvgIpc) is 2.18. The normalized spacial score (nSPS) is 9.53. The zero-order chi connectivity index (χ0) is 12.1. The molecular weight excluding hydrogens is 188 g/mol. The van der Waals surface area contributed by atoms with E-state index in [-0.39, 0.29) is 5.57 Å². The molecule has 0 bridgehead atoms. The van der Waals surface area contributed by atoms with Crippen LogP contribution in [0.4, 0.5) is 0 Å². The van der Waals surface area contributed by atoms with E-state index >= 15 is 0 Å². The highest BCUT2D eigenvalue weighted by Gasteiger charge is 1.90. The number of aliphatic carboxylic acids is 1. The number of unbranched alkanes of at least 4 members (excludes halogenated alkanes) is 3. The second-order valence-corrected chi connectivity index (χ2v) is 3.46. The minimum atomic E-state index is -0.935. The number of rotatable bonds is 6. The minimum Gasteiger partial charge on any atom is -0.478 e. The fraction of sp³-hybridized carbons (Fsp3) is 0.615. The van der Waals surface area contributed by atoms with E-state index < -0.39 is 5.97 Å². The van der Waals surface area contributed by atoms with E-state index in [1.165, 1.54) is 39.0 Å². The van der Waals surface area contributed by atoms with Crippen LogP contribution in [0.5, 0.6) is 0 Å². The van der Waals surface area contributed by atoms with Gasteiger partial charge >= 0.3 is 5.97 Å². The first kappa shape index (κ1) is 16.4. The van der Waals surface area contributed by atoms with Gasteiger partial charge in [-0.2, -0.15) is 0 Å². The van der Waals surface area contributed by atoms with Crippen LogP contribution in [0, 0.1) is 0 Å². The molecule has 0 aromatic carbocycles. The predicted octanol–water partition coefficient (Wildman–Crippen LogP) is 4.18. The second-order valence-electron chi connectivity index (χ2n) is 3.46. The van der Waals surface area contributed by atoms with Gasteiger partial charge in [0.1, 0.15) is 0 Å².